The van der Waals surface area contributed by atoms with Gasteiger partial charge in [0.1, 0.15) is 0 Å². The maximum Gasteiger partial charge on any atom is 0.303 e. The topological polar surface area (TPSA) is 37.3 Å². The Kier molecular flexibility index (Phi) is 4.90. The standard InChI is InChI=1S/C11H11Cl3O2/c1-2-6(5-9(15)16)10-7(12)3-4-8(13)11(10)14/h3-4,6H,2,5H2,1H3,(H,15,16). The molecule has 0 aliphatic rings. The molecule has 1 aromatic carbocycles. The summed E-state index contributed by atoms with van der Waals surface area (Å²) in [5, 5.41) is 10.0. The highest BCUT2D eigenvalue weighted by atomic mass is 35.5. The Labute approximate surface area is 109 Å². The van der Waals surface area contributed by atoms with E-state index >= 15 is 0 Å². The lowest BCUT2D eigenvalue weighted by molar-refractivity contribution is -0.137. The van der Waals surface area contributed by atoms with E-state index < -0.39 is 5.97 Å². The van der Waals surface area contributed by atoms with Gasteiger partial charge in [0, 0.05) is 5.02 Å². The number of hydrogen-bond acceptors (Lipinski definition) is 1. The van der Waals surface area contributed by atoms with E-state index in [1.807, 2.05) is 6.92 Å². The Hall–Kier alpha value is -0.440. The zero-order valence-corrected chi connectivity index (χ0v) is 10.9. The van der Waals surface area contributed by atoms with Gasteiger partial charge in [0.15, 0.2) is 0 Å². The molecule has 1 aromatic rings. The number of benzene rings is 1. The fraction of sp³-hybridized carbons (Fsp3) is 0.364. The first-order chi connectivity index (χ1) is 7.47. The van der Waals surface area contributed by atoms with Crippen molar-refractivity contribution in [3.63, 3.8) is 0 Å². The molecule has 5 heteroatoms. The third kappa shape index (κ3) is 3.03. The highest BCUT2D eigenvalue weighted by Crippen LogP contribution is 2.39. The molecule has 1 rings (SSSR count). The van der Waals surface area contributed by atoms with E-state index in [1.165, 1.54) is 0 Å². The molecule has 0 heterocycles. The molecule has 0 spiro atoms. The zero-order chi connectivity index (χ0) is 12.3. The number of carbonyl (C=O) groups is 1. The largest absolute Gasteiger partial charge is 0.481 e. The van der Waals surface area contributed by atoms with E-state index in [1.54, 1.807) is 12.1 Å². The number of aliphatic carboxylic acids is 1. The predicted octanol–water partition coefficient (Wildman–Crippen LogP) is 4.62. The molecule has 1 atom stereocenters. The SMILES string of the molecule is CCC(CC(=O)O)c1c(Cl)ccc(Cl)c1Cl. The Morgan fingerprint density at radius 1 is 1.31 bits per heavy atom. The number of halogens is 3. The molecule has 0 saturated carbocycles. The molecular weight excluding hydrogens is 270 g/mol. The number of rotatable bonds is 4. The van der Waals surface area contributed by atoms with Crippen LogP contribution in [0.5, 0.6) is 0 Å². The summed E-state index contributed by atoms with van der Waals surface area (Å²) in [4.78, 5) is 10.7. The third-order valence-electron chi connectivity index (χ3n) is 2.40. The molecule has 0 saturated heterocycles. The normalized spacial score (nSPS) is 12.5. The van der Waals surface area contributed by atoms with Crippen molar-refractivity contribution < 1.29 is 9.90 Å². The molecule has 16 heavy (non-hydrogen) atoms. The summed E-state index contributed by atoms with van der Waals surface area (Å²) in [5.41, 5.74) is 0.626. The van der Waals surface area contributed by atoms with Gasteiger partial charge in [-0.05, 0) is 30.0 Å². The first kappa shape index (κ1) is 13.6. The van der Waals surface area contributed by atoms with Gasteiger partial charge < -0.3 is 5.11 Å². The van der Waals surface area contributed by atoms with Crippen LogP contribution in [0.2, 0.25) is 15.1 Å². The lowest BCUT2D eigenvalue weighted by Crippen LogP contribution is -2.06. The van der Waals surface area contributed by atoms with Gasteiger partial charge in [0.05, 0.1) is 16.5 Å². The Bertz CT molecular complexity index is 404. The molecule has 0 amide bonds. The van der Waals surface area contributed by atoms with Crippen LogP contribution in [0.25, 0.3) is 0 Å². The first-order valence-electron chi connectivity index (χ1n) is 4.82. The molecule has 0 aliphatic heterocycles. The van der Waals surface area contributed by atoms with Crippen LogP contribution in [-0.2, 0) is 4.79 Å². The highest BCUT2D eigenvalue weighted by molar-refractivity contribution is 6.44. The lowest BCUT2D eigenvalue weighted by atomic mass is 9.93. The van der Waals surface area contributed by atoms with E-state index in [0.29, 0.717) is 27.1 Å². The van der Waals surface area contributed by atoms with E-state index in [0.717, 1.165) is 0 Å². The van der Waals surface area contributed by atoms with E-state index in [-0.39, 0.29) is 12.3 Å². The van der Waals surface area contributed by atoms with Gasteiger partial charge in [-0.25, -0.2) is 0 Å². The van der Waals surface area contributed by atoms with Gasteiger partial charge in [-0.2, -0.15) is 0 Å². The minimum absolute atomic E-state index is 0.00369. The van der Waals surface area contributed by atoms with Crippen LogP contribution in [0, 0.1) is 0 Å². The second-order valence-corrected chi connectivity index (χ2v) is 4.65. The van der Waals surface area contributed by atoms with E-state index in [4.69, 9.17) is 39.9 Å². The predicted molar refractivity (Wildman–Crippen MR) is 66.8 cm³/mol. The fourth-order valence-corrected chi connectivity index (χ4v) is 2.42. The summed E-state index contributed by atoms with van der Waals surface area (Å²) in [6.45, 7) is 1.89. The van der Waals surface area contributed by atoms with Crippen LogP contribution in [0.3, 0.4) is 0 Å². The van der Waals surface area contributed by atoms with Crippen molar-refractivity contribution in [1.82, 2.24) is 0 Å². The van der Waals surface area contributed by atoms with Crippen LogP contribution in [0.15, 0.2) is 12.1 Å². The average Bonchev–Trinajstić information content (AvgIpc) is 2.22. The van der Waals surface area contributed by atoms with Crippen molar-refractivity contribution >= 4 is 40.8 Å². The molecule has 0 fully saturated rings. The molecule has 0 aromatic heterocycles. The van der Waals surface area contributed by atoms with Gasteiger partial charge in [0.25, 0.3) is 0 Å². The first-order valence-corrected chi connectivity index (χ1v) is 5.96. The van der Waals surface area contributed by atoms with Crippen LogP contribution in [-0.4, -0.2) is 11.1 Å². The Morgan fingerprint density at radius 3 is 2.38 bits per heavy atom. The number of hydrogen-bond donors (Lipinski definition) is 1. The fourth-order valence-electron chi connectivity index (χ4n) is 1.58. The zero-order valence-electron chi connectivity index (χ0n) is 8.64. The maximum absolute atomic E-state index is 10.7. The van der Waals surface area contributed by atoms with E-state index in [9.17, 15) is 4.79 Å². The van der Waals surface area contributed by atoms with Crippen molar-refractivity contribution in [1.29, 1.82) is 0 Å². The quantitative estimate of drug-likeness (QED) is 0.818. The van der Waals surface area contributed by atoms with Gasteiger partial charge in [0.2, 0.25) is 0 Å². The van der Waals surface area contributed by atoms with Gasteiger partial charge in [-0.1, -0.05) is 41.7 Å². The van der Waals surface area contributed by atoms with Gasteiger partial charge >= 0.3 is 5.97 Å². The van der Waals surface area contributed by atoms with Crippen molar-refractivity contribution in [2.24, 2.45) is 0 Å². The molecule has 0 radical (unpaired) electrons. The van der Waals surface area contributed by atoms with Crippen molar-refractivity contribution in [3.05, 3.63) is 32.8 Å². The Morgan fingerprint density at radius 2 is 1.88 bits per heavy atom. The third-order valence-corrected chi connectivity index (χ3v) is 3.55. The van der Waals surface area contributed by atoms with Crippen LogP contribution in [0.1, 0.15) is 31.2 Å². The summed E-state index contributed by atoms with van der Waals surface area (Å²) in [6.07, 6.45) is 0.641. The lowest BCUT2D eigenvalue weighted by Gasteiger charge is -2.17. The number of carboxylic acid groups (broad SMARTS) is 1. The van der Waals surface area contributed by atoms with Crippen molar-refractivity contribution in [3.8, 4) is 0 Å². The van der Waals surface area contributed by atoms with Crippen LogP contribution in [0.4, 0.5) is 0 Å². The maximum atomic E-state index is 10.7. The summed E-state index contributed by atoms with van der Waals surface area (Å²) >= 11 is 18.0. The minimum Gasteiger partial charge on any atom is -0.481 e. The second-order valence-electron chi connectivity index (χ2n) is 3.46. The smallest absolute Gasteiger partial charge is 0.303 e. The second kappa shape index (κ2) is 5.76. The molecule has 1 N–H and O–H groups in total. The molecule has 0 bridgehead atoms. The minimum atomic E-state index is -0.876. The van der Waals surface area contributed by atoms with E-state index in [2.05, 4.69) is 0 Å². The summed E-state index contributed by atoms with van der Waals surface area (Å²) in [7, 11) is 0. The summed E-state index contributed by atoms with van der Waals surface area (Å²) in [6, 6.07) is 3.23. The summed E-state index contributed by atoms with van der Waals surface area (Å²) < 4.78 is 0. The van der Waals surface area contributed by atoms with Crippen LogP contribution >= 0.6 is 34.8 Å². The number of carboxylic acids is 1. The Balaban J connectivity index is 3.18. The van der Waals surface area contributed by atoms with Crippen molar-refractivity contribution in [2.45, 2.75) is 25.7 Å². The van der Waals surface area contributed by atoms with Crippen molar-refractivity contribution in [2.75, 3.05) is 0 Å². The van der Waals surface area contributed by atoms with Crippen LogP contribution < -0.4 is 0 Å². The van der Waals surface area contributed by atoms with Gasteiger partial charge in [-0.3, -0.25) is 4.79 Å². The van der Waals surface area contributed by atoms with Gasteiger partial charge in [-0.15, -0.1) is 0 Å². The molecule has 2 nitrogen and oxygen atoms in total. The molecule has 88 valence electrons. The highest BCUT2D eigenvalue weighted by Gasteiger charge is 2.20. The molecule has 1 unspecified atom stereocenters. The molecular formula is C11H11Cl3O2. The summed E-state index contributed by atoms with van der Waals surface area (Å²) in [5.74, 6) is -1.09. The average molecular weight is 282 g/mol. The monoisotopic (exact) mass is 280 g/mol. The molecule has 0 aliphatic carbocycles.